The zero-order valence-electron chi connectivity index (χ0n) is 14.9. The number of rotatable bonds is 5. The molecule has 0 atom stereocenters. The van der Waals surface area contributed by atoms with Crippen molar-refractivity contribution < 1.29 is 4.79 Å². The van der Waals surface area contributed by atoms with Crippen LogP contribution in [0.25, 0.3) is 0 Å². The summed E-state index contributed by atoms with van der Waals surface area (Å²) in [6.07, 6.45) is 5.91. The number of nitrogens with one attached hydrogen (secondary N) is 2. The molecule has 1 amide bonds. The topological polar surface area (TPSA) is 99.4 Å². The van der Waals surface area contributed by atoms with Crippen molar-refractivity contribution >= 4 is 17.7 Å². The van der Waals surface area contributed by atoms with Crippen LogP contribution in [0.15, 0.2) is 12.3 Å². The maximum absolute atomic E-state index is 12.4. The van der Waals surface area contributed by atoms with Gasteiger partial charge in [-0.25, -0.2) is 4.98 Å². The van der Waals surface area contributed by atoms with Gasteiger partial charge in [0.15, 0.2) is 0 Å². The molecule has 1 aromatic rings. The predicted molar refractivity (Wildman–Crippen MR) is 98.6 cm³/mol. The quantitative estimate of drug-likeness (QED) is 0.691. The van der Waals surface area contributed by atoms with Gasteiger partial charge in [0.05, 0.1) is 6.54 Å². The van der Waals surface area contributed by atoms with E-state index in [0.29, 0.717) is 24.6 Å². The van der Waals surface area contributed by atoms with Crippen LogP contribution < -0.4 is 21.3 Å². The Morgan fingerprint density at radius 3 is 2.80 bits per heavy atom. The van der Waals surface area contributed by atoms with Crippen LogP contribution in [-0.2, 0) is 4.79 Å². The Morgan fingerprint density at radius 2 is 2.08 bits per heavy atom. The van der Waals surface area contributed by atoms with Crippen LogP contribution >= 0.6 is 0 Å². The van der Waals surface area contributed by atoms with E-state index in [2.05, 4.69) is 20.6 Å². The van der Waals surface area contributed by atoms with E-state index >= 15 is 0 Å². The molecule has 3 rings (SSSR count). The molecule has 1 aliphatic carbocycles. The minimum Gasteiger partial charge on any atom is -0.351 e. The first-order valence-corrected chi connectivity index (χ1v) is 9.16. The number of carbonyl (C=O) groups excluding carboxylic acids is 1. The van der Waals surface area contributed by atoms with Gasteiger partial charge in [-0.05, 0) is 31.7 Å². The fourth-order valence-electron chi connectivity index (χ4n) is 3.38. The molecule has 0 aromatic carbocycles. The molecule has 0 radical (unpaired) electrons. The number of carbonyl (C=O) groups is 1. The largest absolute Gasteiger partial charge is 0.351 e. The first kappa shape index (κ1) is 17.9. The second-order valence-electron chi connectivity index (χ2n) is 6.98. The SMILES string of the molecule is CN(CC(=O)N1CCNCC1)c1ccnc(NC2CCC(N)CC2)n1. The van der Waals surface area contributed by atoms with Crippen LogP contribution in [0, 0.1) is 0 Å². The van der Waals surface area contributed by atoms with E-state index in [1.54, 1.807) is 6.20 Å². The second-order valence-corrected chi connectivity index (χ2v) is 6.98. The summed E-state index contributed by atoms with van der Waals surface area (Å²) in [4.78, 5) is 25.1. The molecular weight excluding hydrogens is 318 g/mol. The summed E-state index contributed by atoms with van der Waals surface area (Å²) in [6.45, 7) is 3.60. The third-order valence-electron chi connectivity index (χ3n) is 4.98. The van der Waals surface area contributed by atoms with Crippen molar-refractivity contribution in [2.24, 2.45) is 5.73 Å². The zero-order valence-corrected chi connectivity index (χ0v) is 14.9. The number of hydrogen-bond donors (Lipinski definition) is 3. The number of amides is 1. The van der Waals surface area contributed by atoms with Crippen LogP contribution in [-0.4, -0.2) is 72.6 Å². The van der Waals surface area contributed by atoms with Crippen molar-refractivity contribution in [2.45, 2.75) is 37.8 Å². The molecule has 2 heterocycles. The molecule has 8 heteroatoms. The summed E-state index contributed by atoms with van der Waals surface area (Å²) in [6, 6.07) is 2.54. The highest BCUT2D eigenvalue weighted by Crippen LogP contribution is 2.20. The van der Waals surface area contributed by atoms with Gasteiger partial charge in [-0.3, -0.25) is 4.79 Å². The Bertz CT molecular complexity index is 568. The molecule has 25 heavy (non-hydrogen) atoms. The summed E-state index contributed by atoms with van der Waals surface area (Å²) in [7, 11) is 1.89. The lowest BCUT2D eigenvalue weighted by Gasteiger charge is -2.29. The third-order valence-corrected chi connectivity index (χ3v) is 4.98. The second kappa shape index (κ2) is 8.44. The minimum absolute atomic E-state index is 0.137. The predicted octanol–water partition coefficient (Wildman–Crippen LogP) is 0.0264. The third kappa shape index (κ3) is 5.02. The molecule has 2 aliphatic rings. The Morgan fingerprint density at radius 1 is 1.36 bits per heavy atom. The number of nitrogens with two attached hydrogens (primary N) is 1. The van der Waals surface area contributed by atoms with Gasteiger partial charge in [0, 0.05) is 51.5 Å². The van der Waals surface area contributed by atoms with Crippen LogP contribution in [0.3, 0.4) is 0 Å². The summed E-state index contributed by atoms with van der Waals surface area (Å²) >= 11 is 0. The van der Waals surface area contributed by atoms with Gasteiger partial charge in [0.1, 0.15) is 5.82 Å². The van der Waals surface area contributed by atoms with E-state index in [4.69, 9.17) is 5.73 Å². The molecule has 0 unspecified atom stereocenters. The van der Waals surface area contributed by atoms with Crippen LogP contribution in [0.4, 0.5) is 11.8 Å². The van der Waals surface area contributed by atoms with Crippen molar-refractivity contribution in [2.75, 3.05) is 50.0 Å². The van der Waals surface area contributed by atoms with Gasteiger partial charge in [0.2, 0.25) is 11.9 Å². The lowest BCUT2D eigenvalue weighted by molar-refractivity contribution is -0.130. The number of likely N-dealkylation sites (N-methyl/N-ethyl adjacent to an activating group) is 1. The van der Waals surface area contributed by atoms with Gasteiger partial charge in [-0.2, -0.15) is 4.98 Å². The number of piperazine rings is 1. The lowest BCUT2D eigenvalue weighted by Crippen LogP contribution is -2.49. The molecular formula is C17H29N7O. The Labute approximate surface area is 149 Å². The highest BCUT2D eigenvalue weighted by atomic mass is 16.2. The Kier molecular flexibility index (Phi) is 6.04. The number of anilines is 2. The van der Waals surface area contributed by atoms with Crippen LogP contribution in [0.2, 0.25) is 0 Å². The molecule has 1 aliphatic heterocycles. The monoisotopic (exact) mass is 347 g/mol. The van der Waals surface area contributed by atoms with Crippen molar-refractivity contribution in [1.82, 2.24) is 20.2 Å². The maximum atomic E-state index is 12.4. The molecule has 1 saturated heterocycles. The van der Waals surface area contributed by atoms with Gasteiger partial charge in [0.25, 0.3) is 0 Å². The average molecular weight is 347 g/mol. The Balaban J connectivity index is 1.55. The van der Waals surface area contributed by atoms with E-state index < -0.39 is 0 Å². The molecule has 138 valence electrons. The molecule has 0 spiro atoms. The number of nitrogens with zero attached hydrogens (tertiary/aromatic N) is 4. The molecule has 1 saturated carbocycles. The van der Waals surface area contributed by atoms with E-state index in [-0.39, 0.29) is 5.91 Å². The van der Waals surface area contributed by atoms with Gasteiger partial charge >= 0.3 is 0 Å². The Hall–Kier alpha value is -1.93. The summed E-state index contributed by atoms with van der Waals surface area (Å²) in [5, 5.41) is 6.66. The first-order valence-electron chi connectivity index (χ1n) is 9.16. The molecule has 4 N–H and O–H groups in total. The van der Waals surface area contributed by atoms with Gasteiger partial charge < -0.3 is 26.2 Å². The van der Waals surface area contributed by atoms with Crippen LogP contribution in [0.1, 0.15) is 25.7 Å². The van der Waals surface area contributed by atoms with Crippen molar-refractivity contribution in [3.8, 4) is 0 Å². The summed E-state index contributed by atoms with van der Waals surface area (Å²) in [5.41, 5.74) is 5.96. The highest BCUT2D eigenvalue weighted by molar-refractivity contribution is 5.81. The molecule has 2 fully saturated rings. The van der Waals surface area contributed by atoms with Crippen molar-refractivity contribution in [1.29, 1.82) is 0 Å². The summed E-state index contributed by atoms with van der Waals surface area (Å²) in [5.74, 6) is 1.52. The fraction of sp³-hybridized carbons (Fsp3) is 0.706. The molecule has 0 bridgehead atoms. The van der Waals surface area contributed by atoms with E-state index in [1.807, 2.05) is 22.9 Å². The number of hydrogen-bond acceptors (Lipinski definition) is 7. The van der Waals surface area contributed by atoms with Crippen molar-refractivity contribution in [3.05, 3.63) is 12.3 Å². The minimum atomic E-state index is 0.137. The van der Waals surface area contributed by atoms with Crippen molar-refractivity contribution in [3.63, 3.8) is 0 Å². The van der Waals surface area contributed by atoms with Gasteiger partial charge in [-0.1, -0.05) is 0 Å². The van der Waals surface area contributed by atoms with Gasteiger partial charge in [-0.15, -0.1) is 0 Å². The zero-order chi connectivity index (χ0) is 17.6. The average Bonchev–Trinajstić information content (AvgIpc) is 2.64. The normalized spacial score (nSPS) is 24.0. The van der Waals surface area contributed by atoms with E-state index in [0.717, 1.165) is 57.7 Å². The highest BCUT2D eigenvalue weighted by Gasteiger charge is 2.20. The maximum Gasteiger partial charge on any atom is 0.242 e. The first-order chi connectivity index (χ1) is 12.1. The summed E-state index contributed by atoms with van der Waals surface area (Å²) < 4.78 is 0. The van der Waals surface area contributed by atoms with E-state index in [9.17, 15) is 4.79 Å². The standard InChI is InChI=1S/C17H29N7O/c1-23(12-16(25)24-10-8-19-9-11-24)15-6-7-20-17(22-15)21-14-4-2-13(18)3-5-14/h6-7,13-14,19H,2-5,8-12,18H2,1H3,(H,20,21,22). The lowest BCUT2D eigenvalue weighted by atomic mass is 9.92. The smallest absolute Gasteiger partial charge is 0.242 e. The fourth-order valence-corrected chi connectivity index (χ4v) is 3.38. The molecule has 1 aromatic heterocycles. The number of aromatic nitrogens is 2. The van der Waals surface area contributed by atoms with Crippen LogP contribution in [0.5, 0.6) is 0 Å². The van der Waals surface area contributed by atoms with E-state index in [1.165, 1.54) is 0 Å². The molecule has 8 nitrogen and oxygen atoms in total.